The van der Waals surface area contributed by atoms with Crippen molar-refractivity contribution in [2.45, 2.75) is 108 Å². The zero-order chi connectivity index (χ0) is 30.9. The molecule has 1 N–H and O–H groups in total. The maximum Gasteiger partial charge on any atom is 0.416 e. The van der Waals surface area contributed by atoms with Crippen molar-refractivity contribution in [3.63, 3.8) is 0 Å². The molecule has 2 unspecified atom stereocenters. The topological polar surface area (TPSA) is 83.5 Å². The highest BCUT2D eigenvalue weighted by atomic mass is 19.4. The van der Waals surface area contributed by atoms with E-state index in [-0.39, 0.29) is 49.3 Å². The van der Waals surface area contributed by atoms with Crippen LogP contribution in [-0.4, -0.2) is 49.6 Å². The number of hydrogen-bond donors (Lipinski definition) is 1. The summed E-state index contributed by atoms with van der Waals surface area (Å²) < 4.78 is 70.4. The van der Waals surface area contributed by atoms with Crippen molar-refractivity contribution in [2.24, 2.45) is 17.8 Å². The predicted molar refractivity (Wildman–Crippen MR) is 157 cm³/mol. The van der Waals surface area contributed by atoms with Crippen LogP contribution in [0.25, 0.3) is 0 Å². The number of ether oxygens (including phenoxy) is 5. The number of benzene rings is 1. The second-order valence-corrected chi connectivity index (χ2v) is 12.4. The Morgan fingerprint density at radius 2 is 1.82 bits per heavy atom. The number of rotatable bonds is 14. The number of aliphatic carboxylic acids is 1. The van der Waals surface area contributed by atoms with Gasteiger partial charge in [-0.05, 0) is 100 Å². The summed E-state index contributed by atoms with van der Waals surface area (Å²) in [5.74, 6) is 0.785. The van der Waals surface area contributed by atoms with Crippen molar-refractivity contribution < 1.29 is 46.8 Å². The predicted octanol–water partition coefficient (Wildman–Crippen LogP) is 8.04. The van der Waals surface area contributed by atoms with Crippen LogP contribution in [0.5, 0.6) is 5.75 Å². The summed E-state index contributed by atoms with van der Waals surface area (Å²) in [6.45, 7) is 1.54. The van der Waals surface area contributed by atoms with Crippen LogP contribution < -0.4 is 4.74 Å². The third-order valence-corrected chi connectivity index (χ3v) is 9.09. The Labute approximate surface area is 257 Å². The minimum absolute atomic E-state index is 0.0302. The van der Waals surface area contributed by atoms with Gasteiger partial charge in [0, 0.05) is 31.8 Å². The second-order valence-electron chi connectivity index (χ2n) is 12.4. The van der Waals surface area contributed by atoms with E-state index in [0.29, 0.717) is 32.0 Å². The van der Waals surface area contributed by atoms with E-state index in [2.05, 4.69) is 6.08 Å². The van der Waals surface area contributed by atoms with Gasteiger partial charge in [0.15, 0.2) is 12.6 Å². The molecule has 2 aliphatic carbocycles. The van der Waals surface area contributed by atoms with Crippen molar-refractivity contribution in [1.29, 1.82) is 0 Å². The molecule has 0 aromatic heterocycles. The maximum absolute atomic E-state index is 13.2. The molecule has 6 atom stereocenters. The quantitative estimate of drug-likeness (QED) is 0.128. The molecule has 0 radical (unpaired) electrons. The van der Waals surface area contributed by atoms with Crippen molar-refractivity contribution >= 4 is 5.97 Å². The molecule has 2 saturated heterocycles. The summed E-state index contributed by atoms with van der Waals surface area (Å²) in [4.78, 5) is 11.0. The fraction of sp³-hybridized carbons (Fsp3) is 0.676. The lowest BCUT2D eigenvalue weighted by Gasteiger charge is -2.34. The van der Waals surface area contributed by atoms with Gasteiger partial charge >= 0.3 is 12.1 Å². The highest BCUT2D eigenvalue weighted by Gasteiger charge is 2.49. The van der Waals surface area contributed by atoms with Crippen molar-refractivity contribution in [1.82, 2.24) is 0 Å². The molecule has 2 heterocycles. The molecule has 1 aromatic carbocycles. The van der Waals surface area contributed by atoms with Crippen molar-refractivity contribution in [3.8, 4) is 5.75 Å². The van der Waals surface area contributed by atoms with Crippen molar-refractivity contribution in [2.75, 3.05) is 19.8 Å². The summed E-state index contributed by atoms with van der Waals surface area (Å²) in [6, 6.07) is 4.94. The largest absolute Gasteiger partial charge is 0.493 e. The van der Waals surface area contributed by atoms with E-state index in [1.54, 1.807) is 0 Å². The molecule has 4 aliphatic rings. The first-order valence-electron chi connectivity index (χ1n) is 16.2. The van der Waals surface area contributed by atoms with Gasteiger partial charge in [0.05, 0.1) is 24.9 Å². The highest BCUT2D eigenvalue weighted by molar-refractivity contribution is 5.66. The number of carbonyl (C=O) groups is 1. The van der Waals surface area contributed by atoms with Crippen LogP contribution in [0.3, 0.4) is 0 Å². The Balaban J connectivity index is 1.31. The minimum atomic E-state index is -4.43. The lowest BCUT2D eigenvalue weighted by molar-refractivity contribution is -0.201. The molecular formula is C34H45F3O7. The number of hydrogen-bond acceptors (Lipinski definition) is 6. The average Bonchev–Trinajstić information content (AvgIpc) is 3.54. The molecule has 2 aliphatic heterocycles. The number of halogens is 3. The van der Waals surface area contributed by atoms with Gasteiger partial charge in [0.1, 0.15) is 11.5 Å². The van der Waals surface area contributed by atoms with E-state index in [9.17, 15) is 18.0 Å². The van der Waals surface area contributed by atoms with Gasteiger partial charge in [-0.15, -0.1) is 0 Å². The minimum Gasteiger partial charge on any atom is -0.493 e. The van der Waals surface area contributed by atoms with Gasteiger partial charge in [-0.25, -0.2) is 0 Å². The van der Waals surface area contributed by atoms with Crippen LogP contribution in [0.4, 0.5) is 13.2 Å². The molecule has 1 aromatic rings. The first-order valence-corrected chi connectivity index (χ1v) is 16.2. The van der Waals surface area contributed by atoms with Crippen LogP contribution >= 0.6 is 0 Å². The molecule has 1 saturated carbocycles. The van der Waals surface area contributed by atoms with Gasteiger partial charge in [-0.3, -0.25) is 4.79 Å². The number of carboxylic acid groups (broad SMARTS) is 1. The average molecular weight is 623 g/mol. The molecule has 0 bridgehead atoms. The third kappa shape index (κ3) is 9.23. The van der Waals surface area contributed by atoms with E-state index in [1.807, 2.05) is 6.08 Å². The van der Waals surface area contributed by atoms with Crippen LogP contribution in [0.2, 0.25) is 0 Å². The van der Waals surface area contributed by atoms with Crippen LogP contribution in [0.15, 0.2) is 47.7 Å². The van der Waals surface area contributed by atoms with E-state index < -0.39 is 17.7 Å². The summed E-state index contributed by atoms with van der Waals surface area (Å²) in [5, 5.41) is 9.01. The first-order chi connectivity index (χ1) is 21.3. The molecular weight excluding hydrogens is 577 g/mol. The number of unbranched alkanes of at least 4 members (excludes halogenated alkanes) is 1. The van der Waals surface area contributed by atoms with Gasteiger partial charge in [-0.1, -0.05) is 17.7 Å². The summed E-state index contributed by atoms with van der Waals surface area (Å²) in [5.41, 5.74) is 0.627. The molecule has 5 rings (SSSR count). The lowest BCUT2D eigenvalue weighted by Crippen LogP contribution is -2.34. The van der Waals surface area contributed by atoms with Gasteiger partial charge in [0.25, 0.3) is 0 Å². The normalized spacial score (nSPS) is 29.2. The zero-order valence-corrected chi connectivity index (χ0v) is 25.3. The molecule has 3 fully saturated rings. The standard InChI is InChI=1S/C34H45F3O7/c35-34(36,37)25-10-7-11-26(22-25)40-18-8-12-28(43-31-14-3-5-16-41-31)33-27-20-23(9-1-2-13-30(38)39)19-24(27)21-29(33)44-32-15-4-6-17-42-32/h7,10-12,19,22,24,27,29,31-33H,1-6,8-9,13-18,20-21H2,(H,38,39)/t24-,27-,29+,31?,32?,33-/m1/s1. The molecule has 244 valence electrons. The molecule has 0 spiro atoms. The number of carboxylic acids is 1. The van der Waals surface area contributed by atoms with Crippen LogP contribution in [-0.2, 0) is 29.9 Å². The first kappa shape index (κ1) is 32.8. The number of alkyl halides is 3. The Morgan fingerprint density at radius 1 is 1.05 bits per heavy atom. The number of fused-ring (bicyclic) bond motifs is 1. The Bertz CT molecular complexity index is 1140. The SMILES string of the molecule is O=C(O)CCCCC1=C[C@@H]2C[C@H](OC3CCCCO3)[C@@H](C(=CCCOc3cccc(C(F)(F)F)c3)OC3CCCCO3)[C@@H]2C1. The maximum atomic E-state index is 13.2. The fourth-order valence-corrected chi connectivity index (χ4v) is 7.00. The fourth-order valence-electron chi connectivity index (χ4n) is 7.00. The molecule has 7 nitrogen and oxygen atoms in total. The second kappa shape index (κ2) is 15.6. The number of allylic oxidation sites excluding steroid dienone is 2. The lowest BCUT2D eigenvalue weighted by atomic mass is 9.87. The smallest absolute Gasteiger partial charge is 0.416 e. The highest BCUT2D eigenvalue weighted by Crippen LogP contribution is 2.52. The summed E-state index contributed by atoms with van der Waals surface area (Å²) in [6.07, 6.45) is 9.82. The van der Waals surface area contributed by atoms with E-state index in [4.69, 9.17) is 28.8 Å². The van der Waals surface area contributed by atoms with Gasteiger partial charge < -0.3 is 28.8 Å². The Kier molecular flexibility index (Phi) is 11.7. The Hall–Kier alpha value is -2.56. The monoisotopic (exact) mass is 622 g/mol. The zero-order valence-electron chi connectivity index (χ0n) is 25.3. The van der Waals surface area contributed by atoms with Crippen LogP contribution in [0.1, 0.15) is 89.0 Å². The van der Waals surface area contributed by atoms with E-state index in [1.165, 1.54) is 17.7 Å². The van der Waals surface area contributed by atoms with Gasteiger partial charge in [0.2, 0.25) is 0 Å². The third-order valence-electron chi connectivity index (χ3n) is 9.09. The summed E-state index contributed by atoms with van der Waals surface area (Å²) in [7, 11) is 0. The van der Waals surface area contributed by atoms with Crippen molar-refractivity contribution in [3.05, 3.63) is 53.3 Å². The van der Waals surface area contributed by atoms with E-state index in [0.717, 1.165) is 82.1 Å². The molecule has 10 heteroatoms. The van der Waals surface area contributed by atoms with Crippen LogP contribution in [0, 0.1) is 17.8 Å². The molecule has 0 amide bonds. The van der Waals surface area contributed by atoms with E-state index >= 15 is 0 Å². The summed E-state index contributed by atoms with van der Waals surface area (Å²) >= 11 is 0. The Morgan fingerprint density at radius 3 is 2.52 bits per heavy atom. The van der Waals surface area contributed by atoms with Gasteiger partial charge in [-0.2, -0.15) is 13.2 Å². The molecule has 44 heavy (non-hydrogen) atoms.